The molecule has 13 rings (SSSR count). The predicted molar refractivity (Wildman–Crippen MR) is 260 cm³/mol. The second-order valence-corrected chi connectivity index (χ2v) is 17.4. The van der Waals surface area contributed by atoms with Crippen LogP contribution in [0.1, 0.15) is 52.3 Å². The fraction of sp³-hybridized carbons (Fsp3) is 0.0667. The molecule has 63 heavy (non-hydrogen) atoms. The van der Waals surface area contributed by atoms with Crippen molar-refractivity contribution in [2.75, 3.05) is 0 Å². The summed E-state index contributed by atoms with van der Waals surface area (Å²) in [5.41, 5.74) is 19.8. The van der Waals surface area contributed by atoms with Crippen LogP contribution in [-0.2, 0) is 11.0 Å². The minimum atomic E-state index is -0.477. The lowest BCUT2D eigenvalue weighted by atomic mass is 9.70. The Kier molecular flexibility index (Phi) is 7.71. The lowest BCUT2D eigenvalue weighted by Crippen LogP contribution is -2.30. The van der Waals surface area contributed by atoms with Crippen LogP contribution in [0, 0.1) is 0 Å². The molecular formula is C60H41N3. The van der Waals surface area contributed by atoms with E-state index < -0.39 is 11.0 Å². The fourth-order valence-corrected chi connectivity index (χ4v) is 11.3. The number of benzene rings is 9. The summed E-state index contributed by atoms with van der Waals surface area (Å²) in [4.78, 5) is 10.8. The summed E-state index contributed by atoms with van der Waals surface area (Å²) in [6, 6.07) is 80.0. The van der Waals surface area contributed by atoms with Crippen LogP contribution in [0.2, 0.25) is 0 Å². The van der Waals surface area contributed by atoms with E-state index in [-0.39, 0.29) is 0 Å². The van der Waals surface area contributed by atoms with Crippen LogP contribution in [-0.4, -0.2) is 16.1 Å². The molecule has 3 nitrogen and oxygen atoms in total. The van der Waals surface area contributed by atoms with E-state index in [1.165, 1.54) is 71.9 Å². The minimum Gasteiger partial charge on any atom is -0.308 e. The minimum absolute atomic E-state index is 0.434. The van der Waals surface area contributed by atoms with Crippen LogP contribution < -0.4 is 0 Å². The van der Waals surface area contributed by atoms with Gasteiger partial charge in [-0.25, -0.2) is 4.99 Å². The maximum absolute atomic E-state index is 5.47. The van der Waals surface area contributed by atoms with Crippen molar-refractivity contribution in [1.29, 1.82) is 0 Å². The molecule has 0 saturated heterocycles. The van der Waals surface area contributed by atoms with Gasteiger partial charge < -0.3 is 4.57 Å². The van der Waals surface area contributed by atoms with Crippen molar-refractivity contribution in [3.63, 3.8) is 0 Å². The molecule has 10 aromatic rings. The van der Waals surface area contributed by atoms with Crippen LogP contribution in [0.15, 0.2) is 228 Å². The van der Waals surface area contributed by atoms with Crippen molar-refractivity contribution in [2.24, 2.45) is 9.98 Å². The maximum atomic E-state index is 5.47. The summed E-state index contributed by atoms with van der Waals surface area (Å²) >= 11 is 0. The number of para-hydroxylation sites is 2. The van der Waals surface area contributed by atoms with Crippen LogP contribution in [0.5, 0.6) is 0 Å². The van der Waals surface area contributed by atoms with E-state index in [1.54, 1.807) is 0 Å². The first-order valence-electron chi connectivity index (χ1n) is 22.0. The van der Waals surface area contributed by atoms with Crippen LogP contribution in [0.25, 0.3) is 60.9 Å². The fourth-order valence-electron chi connectivity index (χ4n) is 11.3. The molecule has 1 spiro atoms. The first-order chi connectivity index (χ1) is 31.1. The van der Waals surface area contributed by atoms with Gasteiger partial charge in [0.15, 0.2) is 5.84 Å². The first kappa shape index (κ1) is 35.8. The number of aliphatic imine (C=N–C) groups is 2. The number of aromatic nitrogens is 1. The van der Waals surface area contributed by atoms with Gasteiger partial charge in [0.25, 0.3) is 0 Å². The molecule has 0 radical (unpaired) electrons. The molecule has 1 unspecified atom stereocenters. The molecule has 0 amide bonds. The molecule has 3 aliphatic rings. The Morgan fingerprint density at radius 1 is 0.444 bits per heavy atom. The summed E-state index contributed by atoms with van der Waals surface area (Å²) in [5, 5.41) is 2.49. The number of fused-ring (bicyclic) bond motifs is 14. The molecule has 1 aliphatic heterocycles. The highest BCUT2D eigenvalue weighted by Crippen LogP contribution is 2.64. The second kappa shape index (κ2) is 13.6. The summed E-state index contributed by atoms with van der Waals surface area (Å²) in [7, 11) is 0. The van der Waals surface area contributed by atoms with Gasteiger partial charge in [0, 0.05) is 33.9 Å². The monoisotopic (exact) mass is 803 g/mol. The largest absolute Gasteiger partial charge is 0.308 e. The molecular weight excluding hydrogens is 763 g/mol. The molecule has 3 heteroatoms. The maximum Gasteiger partial charge on any atom is 0.155 e. The van der Waals surface area contributed by atoms with Crippen molar-refractivity contribution in [2.45, 2.75) is 24.3 Å². The molecule has 2 heterocycles. The molecule has 2 aliphatic carbocycles. The van der Waals surface area contributed by atoms with E-state index in [0.29, 0.717) is 6.42 Å². The zero-order valence-corrected chi connectivity index (χ0v) is 34.8. The van der Waals surface area contributed by atoms with E-state index in [0.717, 1.165) is 39.5 Å². The number of rotatable bonds is 5. The number of hydrogen-bond acceptors (Lipinski definition) is 2. The smallest absolute Gasteiger partial charge is 0.155 e. The number of nitrogens with zero attached hydrogens (tertiary/aromatic N) is 3. The van der Waals surface area contributed by atoms with Crippen molar-refractivity contribution >= 4 is 33.4 Å². The molecule has 0 bridgehead atoms. The van der Waals surface area contributed by atoms with Crippen molar-refractivity contribution in [3.05, 3.63) is 257 Å². The zero-order valence-electron chi connectivity index (χ0n) is 34.8. The van der Waals surface area contributed by atoms with Gasteiger partial charge in [-0.1, -0.05) is 200 Å². The third kappa shape index (κ3) is 5.08. The topological polar surface area (TPSA) is 29.6 Å². The van der Waals surface area contributed by atoms with Crippen molar-refractivity contribution in [1.82, 2.24) is 4.57 Å². The second-order valence-electron chi connectivity index (χ2n) is 17.4. The summed E-state index contributed by atoms with van der Waals surface area (Å²) in [6.45, 7) is 2.24. The normalized spacial score (nSPS) is 16.7. The highest BCUT2D eigenvalue weighted by molar-refractivity contribution is 6.17. The highest BCUT2D eigenvalue weighted by atomic mass is 15.0. The van der Waals surface area contributed by atoms with Gasteiger partial charge in [-0.15, -0.1) is 0 Å². The Labute approximate surface area is 367 Å². The molecule has 9 aromatic carbocycles. The van der Waals surface area contributed by atoms with Gasteiger partial charge >= 0.3 is 0 Å². The van der Waals surface area contributed by atoms with Gasteiger partial charge in [0.1, 0.15) is 0 Å². The van der Waals surface area contributed by atoms with E-state index in [2.05, 4.69) is 230 Å². The Hall–Kier alpha value is -7.88. The SMILES string of the molecule is CC1(c2ccccc2)CC(c2ccccc2)=NC(c2cccc(-c3ccccc3-n3c4ccccc4c4ccc5c(c43)-c3ccccc3C53c4ccccc4-c4ccccc43)c2)=N1. The Bertz CT molecular complexity index is 3510. The third-order valence-electron chi connectivity index (χ3n) is 14.0. The van der Waals surface area contributed by atoms with Gasteiger partial charge in [-0.2, -0.15) is 0 Å². The van der Waals surface area contributed by atoms with Gasteiger partial charge in [0.05, 0.1) is 33.4 Å². The summed E-state index contributed by atoms with van der Waals surface area (Å²) in [6.07, 6.45) is 0.715. The zero-order chi connectivity index (χ0) is 41.7. The third-order valence-corrected chi connectivity index (χ3v) is 14.0. The molecule has 1 aromatic heterocycles. The van der Waals surface area contributed by atoms with Gasteiger partial charge in [-0.05, 0) is 80.8 Å². The van der Waals surface area contributed by atoms with E-state index in [1.807, 2.05) is 0 Å². The van der Waals surface area contributed by atoms with Crippen LogP contribution in [0.3, 0.4) is 0 Å². The molecule has 0 N–H and O–H groups in total. The summed E-state index contributed by atoms with van der Waals surface area (Å²) in [5.74, 6) is 0.750. The van der Waals surface area contributed by atoms with E-state index in [9.17, 15) is 0 Å². The standard InChI is InChI=1S/C60H41N3/c1-59(42-23-6-3-7-24-42)38-53(39-19-4-2-5-20-39)61-58(62-59)41-22-18-21-40(37-41)43-25-11-16-33-54(43)63-55-34-17-12-28-46(55)47-35-36-52-56(57(47)63)48-29-10-15-32-51(48)60(52)49-30-13-8-26-44(49)45-27-9-14-31-50(45)60/h2-37H,38H2,1H3. The lowest BCUT2D eigenvalue weighted by molar-refractivity contribution is 0.515. The average Bonchev–Trinajstić information content (AvgIpc) is 3.96. The molecule has 296 valence electrons. The van der Waals surface area contributed by atoms with Crippen molar-refractivity contribution < 1.29 is 0 Å². The van der Waals surface area contributed by atoms with Crippen LogP contribution >= 0.6 is 0 Å². The van der Waals surface area contributed by atoms with E-state index >= 15 is 0 Å². The van der Waals surface area contributed by atoms with E-state index in [4.69, 9.17) is 9.98 Å². The predicted octanol–water partition coefficient (Wildman–Crippen LogP) is 14.3. The Balaban J connectivity index is 1.05. The van der Waals surface area contributed by atoms with Gasteiger partial charge in [-0.3, -0.25) is 4.99 Å². The number of amidine groups is 1. The van der Waals surface area contributed by atoms with Crippen LogP contribution in [0.4, 0.5) is 0 Å². The lowest BCUT2D eigenvalue weighted by Gasteiger charge is -2.31. The van der Waals surface area contributed by atoms with Gasteiger partial charge in [0.2, 0.25) is 0 Å². The average molecular weight is 804 g/mol. The summed E-state index contributed by atoms with van der Waals surface area (Å²) < 4.78 is 2.55. The number of hydrogen-bond donors (Lipinski definition) is 0. The molecule has 1 atom stereocenters. The highest BCUT2D eigenvalue weighted by Gasteiger charge is 2.52. The Morgan fingerprint density at radius 3 is 1.76 bits per heavy atom. The quantitative estimate of drug-likeness (QED) is 0.166. The molecule has 0 fully saturated rings. The first-order valence-corrected chi connectivity index (χ1v) is 22.0. The Morgan fingerprint density at radius 2 is 1.02 bits per heavy atom. The molecule has 0 saturated carbocycles. The van der Waals surface area contributed by atoms with Crippen molar-refractivity contribution in [3.8, 4) is 39.1 Å².